The van der Waals surface area contributed by atoms with Crippen LogP contribution in [0.5, 0.6) is 0 Å². The summed E-state index contributed by atoms with van der Waals surface area (Å²) in [4.78, 5) is 12.0. The summed E-state index contributed by atoms with van der Waals surface area (Å²) in [6, 6.07) is 9.93. The number of aliphatic hydroxyl groups excluding tert-OH is 1. The van der Waals surface area contributed by atoms with E-state index in [1.54, 1.807) is 30.3 Å². The highest BCUT2D eigenvalue weighted by molar-refractivity contribution is 5.94. The molecule has 21 heavy (non-hydrogen) atoms. The first kappa shape index (κ1) is 15.1. The van der Waals surface area contributed by atoms with Crippen molar-refractivity contribution in [3.63, 3.8) is 0 Å². The molecule has 2 aromatic carbocycles. The minimum Gasteiger partial charge on any atom is -0.394 e. The van der Waals surface area contributed by atoms with Gasteiger partial charge in [-0.2, -0.15) is 0 Å². The van der Waals surface area contributed by atoms with Crippen LogP contribution in [0.15, 0.2) is 42.5 Å². The Bertz CT molecular complexity index is 644. The number of carbonyl (C=O) groups excluding carboxylic acids is 1. The zero-order chi connectivity index (χ0) is 15.4. The van der Waals surface area contributed by atoms with Gasteiger partial charge in [0.2, 0.25) is 0 Å². The Morgan fingerprint density at radius 3 is 2.48 bits per heavy atom. The van der Waals surface area contributed by atoms with Gasteiger partial charge in [0.1, 0.15) is 11.6 Å². The monoisotopic (exact) mass is 291 g/mol. The van der Waals surface area contributed by atoms with Crippen molar-refractivity contribution in [2.24, 2.45) is 0 Å². The van der Waals surface area contributed by atoms with Crippen molar-refractivity contribution in [3.05, 3.63) is 70.8 Å². The third kappa shape index (κ3) is 3.44. The molecular formula is C16H15F2NO2. The summed E-state index contributed by atoms with van der Waals surface area (Å²) in [5.41, 5.74) is 0.430. The number of amides is 1. The zero-order valence-corrected chi connectivity index (χ0v) is 11.4. The van der Waals surface area contributed by atoms with Crippen LogP contribution in [0.1, 0.15) is 27.5 Å². The van der Waals surface area contributed by atoms with Crippen LogP contribution >= 0.6 is 0 Å². The van der Waals surface area contributed by atoms with E-state index in [2.05, 4.69) is 5.32 Å². The predicted molar refractivity (Wildman–Crippen MR) is 74.8 cm³/mol. The highest BCUT2D eigenvalue weighted by atomic mass is 19.1. The Morgan fingerprint density at radius 2 is 1.86 bits per heavy atom. The first-order chi connectivity index (χ1) is 10.0. The molecule has 0 heterocycles. The van der Waals surface area contributed by atoms with Gasteiger partial charge in [0.15, 0.2) is 0 Å². The first-order valence-electron chi connectivity index (χ1n) is 6.45. The minimum atomic E-state index is -0.795. The van der Waals surface area contributed by atoms with E-state index in [1.165, 1.54) is 6.92 Å². The van der Waals surface area contributed by atoms with Gasteiger partial charge in [-0.3, -0.25) is 4.79 Å². The number of benzene rings is 2. The van der Waals surface area contributed by atoms with Gasteiger partial charge < -0.3 is 10.4 Å². The van der Waals surface area contributed by atoms with Gasteiger partial charge in [-0.1, -0.05) is 30.3 Å². The average molecular weight is 291 g/mol. The molecule has 1 unspecified atom stereocenters. The number of aliphatic hydroxyl groups is 1. The first-order valence-corrected chi connectivity index (χ1v) is 6.45. The second kappa shape index (κ2) is 6.45. The van der Waals surface area contributed by atoms with E-state index in [9.17, 15) is 18.7 Å². The van der Waals surface area contributed by atoms with E-state index >= 15 is 0 Å². The highest BCUT2D eigenvalue weighted by Gasteiger charge is 2.19. The Labute approximate surface area is 121 Å². The zero-order valence-electron chi connectivity index (χ0n) is 11.4. The lowest BCUT2D eigenvalue weighted by Gasteiger charge is -2.17. The van der Waals surface area contributed by atoms with Gasteiger partial charge in [0.25, 0.3) is 5.91 Å². The fraction of sp³-hybridized carbons (Fsp3) is 0.188. The molecule has 0 aromatic heterocycles. The van der Waals surface area contributed by atoms with E-state index in [-0.39, 0.29) is 17.7 Å². The molecule has 0 fully saturated rings. The van der Waals surface area contributed by atoms with Gasteiger partial charge in [0.05, 0.1) is 18.2 Å². The maximum Gasteiger partial charge on any atom is 0.254 e. The van der Waals surface area contributed by atoms with Crippen LogP contribution in [0, 0.1) is 18.6 Å². The van der Waals surface area contributed by atoms with E-state index in [0.717, 1.165) is 12.1 Å². The molecule has 1 amide bonds. The summed E-state index contributed by atoms with van der Waals surface area (Å²) in [6.07, 6.45) is 0. The quantitative estimate of drug-likeness (QED) is 0.910. The van der Waals surface area contributed by atoms with Crippen LogP contribution < -0.4 is 5.32 Å². The summed E-state index contributed by atoms with van der Waals surface area (Å²) in [7, 11) is 0. The number of hydrogen-bond donors (Lipinski definition) is 2. The molecule has 3 nitrogen and oxygen atoms in total. The van der Waals surface area contributed by atoms with Crippen LogP contribution in [0.25, 0.3) is 0 Å². The molecule has 0 bridgehead atoms. The molecule has 0 aliphatic heterocycles. The van der Waals surface area contributed by atoms with Crippen molar-refractivity contribution in [2.75, 3.05) is 6.61 Å². The SMILES string of the molecule is Cc1cc(F)c(C(=O)NC(CO)c2ccccc2)cc1F. The van der Waals surface area contributed by atoms with Gasteiger partial charge in [0, 0.05) is 0 Å². The molecule has 1 atom stereocenters. The van der Waals surface area contributed by atoms with E-state index < -0.39 is 23.6 Å². The topological polar surface area (TPSA) is 49.3 Å². The Kier molecular flexibility index (Phi) is 4.65. The van der Waals surface area contributed by atoms with E-state index in [4.69, 9.17) is 0 Å². The lowest BCUT2D eigenvalue weighted by atomic mass is 10.1. The van der Waals surface area contributed by atoms with Crippen molar-refractivity contribution in [1.29, 1.82) is 0 Å². The fourth-order valence-electron chi connectivity index (χ4n) is 1.98. The summed E-state index contributed by atoms with van der Waals surface area (Å²) in [5, 5.41) is 11.9. The second-order valence-electron chi connectivity index (χ2n) is 4.70. The van der Waals surface area contributed by atoms with E-state index in [1.807, 2.05) is 0 Å². The number of halogens is 2. The number of hydrogen-bond acceptors (Lipinski definition) is 2. The summed E-state index contributed by atoms with van der Waals surface area (Å²) < 4.78 is 27.2. The standard InChI is InChI=1S/C16H15F2NO2/c1-10-7-14(18)12(8-13(10)17)16(21)19-15(9-20)11-5-3-2-4-6-11/h2-8,15,20H,9H2,1H3,(H,19,21). The summed E-state index contributed by atoms with van der Waals surface area (Å²) in [5.74, 6) is -2.22. The van der Waals surface area contributed by atoms with Gasteiger partial charge in [-0.25, -0.2) is 8.78 Å². The fourth-order valence-corrected chi connectivity index (χ4v) is 1.98. The van der Waals surface area contributed by atoms with Gasteiger partial charge in [-0.05, 0) is 30.2 Å². The number of aryl methyl sites for hydroxylation is 1. The molecule has 0 aliphatic carbocycles. The Morgan fingerprint density at radius 1 is 1.19 bits per heavy atom. The molecule has 2 aromatic rings. The molecule has 0 spiro atoms. The molecule has 0 saturated carbocycles. The van der Waals surface area contributed by atoms with Crippen LogP contribution in [0.3, 0.4) is 0 Å². The lowest BCUT2D eigenvalue weighted by molar-refractivity contribution is 0.0911. The van der Waals surface area contributed by atoms with Crippen molar-refractivity contribution in [1.82, 2.24) is 5.32 Å². The largest absolute Gasteiger partial charge is 0.394 e. The molecule has 0 aliphatic rings. The maximum atomic E-state index is 13.7. The molecule has 0 saturated heterocycles. The van der Waals surface area contributed by atoms with Crippen molar-refractivity contribution in [2.45, 2.75) is 13.0 Å². The predicted octanol–water partition coefficient (Wildman–Crippen LogP) is 2.74. The van der Waals surface area contributed by atoms with Crippen LogP contribution in [-0.4, -0.2) is 17.6 Å². The number of carbonyl (C=O) groups is 1. The van der Waals surface area contributed by atoms with Crippen LogP contribution in [0.2, 0.25) is 0 Å². The third-order valence-electron chi connectivity index (χ3n) is 3.18. The molecule has 0 radical (unpaired) electrons. The smallest absolute Gasteiger partial charge is 0.254 e. The van der Waals surface area contributed by atoms with Crippen molar-refractivity contribution < 1.29 is 18.7 Å². The maximum absolute atomic E-state index is 13.7. The van der Waals surface area contributed by atoms with Gasteiger partial charge >= 0.3 is 0 Å². The normalized spacial score (nSPS) is 12.0. The van der Waals surface area contributed by atoms with Crippen molar-refractivity contribution >= 4 is 5.91 Å². The second-order valence-corrected chi connectivity index (χ2v) is 4.70. The molecule has 110 valence electrons. The van der Waals surface area contributed by atoms with Crippen LogP contribution in [-0.2, 0) is 0 Å². The molecule has 5 heteroatoms. The lowest BCUT2D eigenvalue weighted by Crippen LogP contribution is -2.31. The van der Waals surface area contributed by atoms with Crippen molar-refractivity contribution in [3.8, 4) is 0 Å². The summed E-state index contributed by atoms with van der Waals surface area (Å²) >= 11 is 0. The average Bonchev–Trinajstić information content (AvgIpc) is 2.49. The Hall–Kier alpha value is -2.27. The highest BCUT2D eigenvalue weighted by Crippen LogP contribution is 2.17. The third-order valence-corrected chi connectivity index (χ3v) is 3.18. The molecule has 2 N–H and O–H groups in total. The Balaban J connectivity index is 2.23. The molecule has 2 rings (SSSR count). The van der Waals surface area contributed by atoms with E-state index in [0.29, 0.717) is 5.56 Å². The number of nitrogens with one attached hydrogen (secondary N) is 1. The minimum absolute atomic E-state index is 0.130. The number of rotatable bonds is 4. The van der Waals surface area contributed by atoms with Crippen LogP contribution in [0.4, 0.5) is 8.78 Å². The summed E-state index contributed by atoms with van der Waals surface area (Å²) in [6.45, 7) is 1.08. The van der Waals surface area contributed by atoms with Gasteiger partial charge in [-0.15, -0.1) is 0 Å². The molecular weight excluding hydrogens is 276 g/mol.